The molecule has 0 spiro atoms. The fourth-order valence-corrected chi connectivity index (χ4v) is 3.35. The molecule has 1 aromatic carbocycles. The normalized spacial score (nSPS) is 26.1. The zero-order valence-corrected chi connectivity index (χ0v) is 13.1. The molecule has 0 aliphatic heterocycles. The molecule has 2 N–H and O–H groups in total. The van der Waals surface area contributed by atoms with E-state index in [-0.39, 0.29) is 6.04 Å². The maximum atomic E-state index is 11.3. The van der Waals surface area contributed by atoms with Gasteiger partial charge >= 0.3 is 5.97 Å². The Bertz CT molecular complexity index is 528. The smallest absolute Gasteiger partial charge is 0.320 e. The highest BCUT2D eigenvalue weighted by molar-refractivity contribution is 5.73. The fraction of sp³-hybridized carbons (Fsp3) is 0.556. The van der Waals surface area contributed by atoms with Crippen molar-refractivity contribution in [1.29, 1.82) is 5.26 Å². The van der Waals surface area contributed by atoms with Crippen LogP contribution in [0.25, 0.3) is 0 Å². The number of nitrogens with zero attached hydrogens (tertiary/aromatic N) is 1. The second kappa shape index (κ2) is 7.42. The molecule has 0 aromatic heterocycles. The first-order chi connectivity index (χ1) is 10.6. The molecule has 1 aliphatic rings. The van der Waals surface area contributed by atoms with Gasteiger partial charge in [-0.15, -0.1) is 0 Å². The zero-order chi connectivity index (χ0) is 16.0. The number of carboxylic acid groups (broad SMARTS) is 1. The summed E-state index contributed by atoms with van der Waals surface area (Å²) in [5.41, 5.74) is 0.669. The van der Waals surface area contributed by atoms with E-state index in [1.807, 2.05) is 37.3 Å². The SMILES string of the molecule is CCCC(NC1CCC(C#N)(c2ccccc2)CC1)C(=O)O. The van der Waals surface area contributed by atoms with Gasteiger partial charge in [0.2, 0.25) is 0 Å². The highest BCUT2D eigenvalue weighted by Crippen LogP contribution is 2.39. The van der Waals surface area contributed by atoms with Crippen molar-refractivity contribution in [2.75, 3.05) is 0 Å². The molecule has 1 saturated carbocycles. The first-order valence-electron chi connectivity index (χ1n) is 8.07. The number of nitrogens with one attached hydrogen (secondary N) is 1. The lowest BCUT2D eigenvalue weighted by Gasteiger charge is -2.36. The molecule has 4 heteroatoms. The summed E-state index contributed by atoms with van der Waals surface area (Å²) >= 11 is 0. The van der Waals surface area contributed by atoms with E-state index in [1.54, 1.807) is 0 Å². The topological polar surface area (TPSA) is 73.1 Å². The van der Waals surface area contributed by atoms with Gasteiger partial charge in [0, 0.05) is 6.04 Å². The maximum Gasteiger partial charge on any atom is 0.320 e. The Balaban J connectivity index is 2.00. The summed E-state index contributed by atoms with van der Waals surface area (Å²) in [5, 5.41) is 22.2. The van der Waals surface area contributed by atoms with Crippen molar-refractivity contribution in [3.63, 3.8) is 0 Å². The van der Waals surface area contributed by atoms with Crippen LogP contribution in [0.3, 0.4) is 0 Å². The fourth-order valence-electron chi connectivity index (χ4n) is 3.35. The van der Waals surface area contributed by atoms with Gasteiger partial charge in [-0.05, 0) is 37.7 Å². The van der Waals surface area contributed by atoms with E-state index in [1.165, 1.54) is 0 Å². The van der Waals surface area contributed by atoms with Crippen molar-refractivity contribution in [3.05, 3.63) is 35.9 Å². The van der Waals surface area contributed by atoms with Crippen LogP contribution in [0, 0.1) is 11.3 Å². The Labute approximate surface area is 132 Å². The minimum Gasteiger partial charge on any atom is -0.480 e. The van der Waals surface area contributed by atoms with Gasteiger partial charge in [-0.1, -0.05) is 43.7 Å². The van der Waals surface area contributed by atoms with Gasteiger partial charge in [-0.2, -0.15) is 5.26 Å². The van der Waals surface area contributed by atoms with E-state index < -0.39 is 17.4 Å². The van der Waals surface area contributed by atoms with Crippen LogP contribution < -0.4 is 5.32 Å². The number of carboxylic acids is 1. The summed E-state index contributed by atoms with van der Waals surface area (Å²) in [6.45, 7) is 1.99. The van der Waals surface area contributed by atoms with Crippen molar-refractivity contribution in [2.24, 2.45) is 0 Å². The van der Waals surface area contributed by atoms with Crippen LogP contribution in [0.5, 0.6) is 0 Å². The second-order valence-corrected chi connectivity index (χ2v) is 6.18. The highest BCUT2D eigenvalue weighted by atomic mass is 16.4. The number of carbonyl (C=O) groups is 1. The van der Waals surface area contributed by atoms with Crippen molar-refractivity contribution in [1.82, 2.24) is 5.32 Å². The zero-order valence-electron chi connectivity index (χ0n) is 13.1. The summed E-state index contributed by atoms with van der Waals surface area (Å²) in [6, 6.07) is 12.2. The lowest BCUT2D eigenvalue weighted by molar-refractivity contribution is -0.140. The van der Waals surface area contributed by atoms with Crippen molar-refractivity contribution < 1.29 is 9.90 Å². The number of hydrogen-bond donors (Lipinski definition) is 2. The molecule has 2 rings (SSSR count). The maximum absolute atomic E-state index is 11.3. The Kier molecular flexibility index (Phi) is 5.57. The molecule has 0 saturated heterocycles. The average molecular weight is 300 g/mol. The third-order valence-corrected chi connectivity index (χ3v) is 4.69. The molecule has 0 amide bonds. The number of benzene rings is 1. The molecule has 0 bridgehead atoms. The van der Waals surface area contributed by atoms with Gasteiger partial charge in [0.05, 0.1) is 11.5 Å². The van der Waals surface area contributed by atoms with E-state index in [4.69, 9.17) is 0 Å². The van der Waals surface area contributed by atoms with Gasteiger partial charge in [-0.25, -0.2) is 0 Å². The van der Waals surface area contributed by atoms with Crippen molar-refractivity contribution in [2.45, 2.75) is 62.9 Å². The van der Waals surface area contributed by atoms with E-state index in [0.717, 1.165) is 37.7 Å². The molecular formula is C18H24N2O2. The van der Waals surface area contributed by atoms with E-state index >= 15 is 0 Å². The molecule has 22 heavy (non-hydrogen) atoms. The predicted octanol–water partition coefficient (Wildman–Crippen LogP) is 3.23. The van der Waals surface area contributed by atoms with Gasteiger partial charge in [0.15, 0.2) is 0 Å². The van der Waals surface area contributed by atoms with Crippen molar-refractivity contribution >= 4 is 5.97 Å². The van der Waals surface area contributed by atoms with Gasteiger partial charge in [0.25, 0.3) is 0 Å². The van der Waals surface area contributed by atoms with E-state index in [0.29, 0.717) is 6.42 Å². The van der Waals surface area contributed by atoms with E-state index in [2.05, 4.69) is 11.4 Å². The Morgan fingerprint density at radius 1 is 1.41 bits per heavy atom. The molecule has 0 radical (unpaired) electrons. The minimum atomic E-state index is -0.776. The number of rotatable bonds is 6. The number of hydrogen-bond acceptors (Lipinski definition) is 3. The number of nitriles is 1. The van der Waals surface area contributed by atoms with Crippen LogP contribution in [-0.4, -0.2) is 23.2 Å². The van der Waals surface area contributed by atoms with Crippen molar-refractivity contribution in [3.8, 4) is 6.07 Å². The molecular weight excluding hydrogens is 276 g/mol. The highest BCUT2D eigenvalue weighted by Gasteiger charge is 2.37. The van der Waals surface area contributed by atoms with Crippen LogP contribution in [0.15, 0.2) is 30.3 Å². The van der Waals surface area contributed by atoms with Gasteiger partial charge in [-0.3, -0.25) is 4.79 Å². The second-order valence-electron chi connectivity index (χ2n) is 6.18. The van der Waals surface area contributed by atoms with E-state index in [9.17, 15) is 15.2 Å². The molecule has 1 fully saturated rings. The van der Waals surface area contributed by atoms with Gasteiger partial charge in [0.1, 0.15) is 6.04 Å². The Morgan fingerprint density at radius 2 is 2.05 bits per heavy atom. The third kappa shape index (κ3) is 3.66. The molecule has 1 aliphatic carbocycles. The number of aliphatic carboxylic acids is 1. The molecule has 1 unspecified atom stereocenters. The standard InChI is InChI=1S/C18H24N2O2/c1-2-6-16(17(21)22)20-15-9-11-18(13-19,12-10-15)14-7-4-3-5-8-14/h3-5,7-8,15-16,20H,2,6,9-12H2,1H3,(H,21,22). The largest absolute Gasteiger partial charge is 0.480 e. The lowest BCUT2D eigenvalue weighted by Crippen LogP contribution is -2.46. The van der Waals surface area contributed by atoms with Crippen LogP contribution in [-0.2, 0) is 10.2 Å². The quantitative estimate of drug-likeness (QED) is 0.846. The summed E-state index contributed by atoms with van der Waals surface area (Å²) in [5.74, 6) is -0.776. The molecule has 1 aromatic rings. The van der Waals surface area contributed by atoms with Crippen LogP contribution in [0.2, 0.25) is 0 Å². The Morgan fingerprint density at radius 3 is 2.55 bits per heavy atom. The summed E-state index contributed by atoms with van der Waals surface area (Å²) in [4.78, 5) is 11.3. The molecule has 0 heterocycles. The molecule has 1 atom stereocenters. The van der Waals surface area contributed by atoms with Crippen LogP contribution in [0.1, 0.15) is 51.0 Å². The Hall–Kier alpha value is -1.86. The minimum absolute atomic E-state index is 0.192. The summed E-state index contributed by atoms with van der Waals surface area (Å²) < 4.78 is 0. The van der Waals surface area contributed by atoms with Crippen LogP contribution >= 0.6 is 0 Å². The first-order valence-corrected chi connectivity index (χ1v) is 8.07. The average Bonchev–Trinajstić information content (AvgIpc) is 2.56. The first kappa shape index (κ1) is 16.5. The van der Waals surface area contributed by atoms with Gasteiger partial charge < -0.3 is 10.4 Å². The van der Waals surface area contributed by atoms with Crippen LogP contribution in [0.4, 0.5) is 0 Å². The molecule has 118 valence electrons. The lowest BCUT2D eigenvalue weighted by atomic mass is 9.69. The summed E-state index contributed by atoms with van der Waals surface area (Å²) in [6.07, 6.45) is 4.75. The molecule has 4 nitrogen and oxygen atoms in total. The third-order valence-electron chi connectivity index (χ3n) is 4.69. The summed E-state index contributed by atoms with van der Waals surface area (Å²) in [7, 11) is 0. The predicted molar refractivity (Wildman–Crippen MR) is 85.5 cm³/mol. The monoisotopic (exact) mass is 300 g/mol.